The smallest absolute Gasteiger partial charge is 0.223 e. The molecule has 1 unspecified atom stereocenters. The van der Waals surface area contributed by atoms with Gasteiger partial charge in [-0.25, -0.2) is 0 Å². The van der Waals surface area contributed by atoms with Crippen LogP contribution in [0.15, 0.2) is 0 Å². The van der Waals surface area contributed by atoms with Gasteiger partial charge < -0.3 is 10.6 Å². The van der Waals surface area contributed by atoms with Gasteiger partial charge in [0.25, 0.3) is 0 Å². The Kier molecular flexibility index (Phi) is 3.81. The molecule has 0 aromatic carbocycles. The number of piperidine rings is 1. The highest BCUT2D eigenvalue weighted by Gasteiger charge is 2.40. The largest absolute Gasteiger partial charge is 0.340 e. The van der Waals surface area contributed by atoms with E-state index in [0.717, 1.165) is 32.5 Å². The number of nitrogens with two attached hydrogens (primary N) is 1. The Morgan fingerprint density at radius 2 is 2.00 bits per heavy atom. The van der Waals surface area contributed by atoms with E-state index in [1.54, 1.807) is 0 Å². The van der Waals surface area contributed by atoms with Crippen LogP contribution >= 0.6 is 0 Å². The van der Waals surface area contributed by atoms with E-state index in [4.69, 9.17) is 5.73 Å². The second kappa shape index (κ2) is 5.41. The third kappa shape index (κ3) is 2.65. The van der Waals surface area contributed by atoms with Crippen LogP contribution in [0, 0.1) is 5.41 Å². The van der Waals surface area contributed by atoms with E-state index >= 15 is 0 Å². The number of nitrogens with zero attached hydrogens (tertiary/aromatic N) is 2. The zero-order valence-electron chi connectivity index (χ0n) is 11.9. The van der Waals surface area contributed by atoms with Crippen molar-refractivity contribution in [2.75, 3.05) is 32.7 Å². The molecule has 2 saturated heterocycles. The first-order valence-electron chi connectivity index (χ1n) is 7.94. The molecular weight excluding hydrogens is 238 g/mol. The van der Waals surface area contributed by atoms with Gasteiger partial charge in [0.2, 0.25) is 5.91 Å². The Balaban J connectivity index is 1.55. The summed E-state index contributed by atoms with van der Waals surface area (Å²) in [6.45, 7) is 4.88. The Hall–Kier alpha value is -0.610. The van der Waals surface area contributed by atoms with E-state index < -0.39 is 0 Å². The van der Waals surface area contributed by atoms with Gasteiger partial charge in [0, 0.05) is 32.1 Å². The van der Waals surface area contributed by atoms with Gasteiger partial charge in [0.05, 0.1) is 0 Å². The fourth-order valence-electron chi connectivity index (χ4n) is 3.94. The van der Waals surface area contributed by atoms with Crippen molar-refractivity contribution in [2.24, 2.45) is 11.1 Å². The molecule has 2 aliphatic heterocycles. The zero-order valence-corrected chi connectivity index (χ0v) is 11.9. The van der Waals surface area contributed by atoms with Crippen LogP contribution in [0.4, 0.5) is 0 Å². The number of hydrogen-bond acceptors (Lipinski definition) is 3. The topological polar surface area (TPSA) is 49.6 Å². The third-order valence-corrected chi connectivity index (χ3v) is 5.56. The number of hydrogen-bond donors (Lipinski definition) is 1. The van der Waals surface area contributed by atoms with Crippen molar-refractivity contribution >= 4 is 5.91 Å². The molecule has 2 N–H and O–H groups in total. The van der Waals surface area contributed by atoms with Crippen LogP contribution in [-0.2, 0) is 4.79 Å². The molecule has 0 radical (unpaired) electrons. The number of amides is 1. The molecule has 1 amide bonds. The molecule has 1 aliphatic carbocycles. The van der Waals surface area contributed by atoms with Crippen LogP contribution in [0.2, 0.25) is 0 Å². The summed E-state index contributed by atoms with van der Waals surface area (Å²) in [5.74, 6) is 0.357. The second-order valence-electron chi connectivity index (χ2n) is 6.76. The first-order chi connectivity index (χ1) is 9.22. The molecule has 1 saturated carbocycles. The normalized spacial score (nSPS) is 30.6. The van der Waals surface area contributed by atoms with E-state index in [1.807, 2.05) is 0 Å². The average Bonchev–Trinajstić information content (AvgIpc) is 2.42. The lowest BCUT2D eigenvalue weighted by molar-refractivity contribution is -0.138. The molecule has 3 rings (SSSR count). The van der Waals surface area contributed by atoms with Crippen molar-refractivity contribution in [3.8, 4) is 0 Å². The molecule has 108 valence electrons. The first-order valence-corrected chi connectivity index (χ1v) is 7.94. The molecule has 3 aliphatic rings. The van der Waals surface area contributed by atoms with Crippen molar-refractivity contribution < 1.29 is 4.79 Å². The molecular formula is C15H27N3O. The Morgan fingerprint density at radius 1 is 1.16 bits per heavy atom. The van der Waals surface area contributed by atoms with Gasteiger partial charge in [-0.1, -0.05) is 12.8 Å². The van der Waals surface area contributed by atoms with Crippen LogP contribution in [0.25, 0.3) is 0 Å². The molecule has 0 spiro atoms. The van der Waals surface area contributed by atoms with Gasteiger partial charge >= 0.3 is 0 Å². The van der Waals surface area contributed by atoms with Crippen molar-refractivity contribution in [3.05, 3.63) is 0 Å². The quantitative estimate of drug-likeness (QED) is 0.834. The Labute approximate surface area is 116 Å². The minimum Gasteiger partial charge on any atom is -0.340 e. The summed E-state index contributed by atoms with van der Waals surface area (Å²) in [6.07, 6.45) is 8.18. The summed E-state index contributed by atoms with van der Waals surface area (Å²) in [5.41, 5.74) is 6.03. The predicted molar refractivity (Wildman–Crippen MR) is 75.7 cm³/mol. The van der Waals surface area contributed by atoms with E-state index in [9.17, 15) is 4.79 Å². The summed E-state index contributed by atoms with van der Waals surface area (Å²) < 4.78 is 0. The third-order valence-electron chi connectivity index (χ3n) is 5.56. The highest BCUT2D eigenvalue weighted by molar-refractivity contribution is 5.77. The van der Waals surface area contributed by atoms with Crippen molar-refractivity contribution in [3.63, 3.8) is 0 Å². The highest BCUT2D eigenvalue weighted by atomic mass is 16.2. The van der Waals surface area contributed by atoms with Crippen LogP contribution in [-0.4, -0.2) is 54.5 Å². The van der Waals surface area contributed by atoms with Gasteiger partial charge in [-0.3, -0.25) is 9.69 Å². The van der Waals surface area contributed by atoms with E-state index in [1.165, 1.54) is 32.2 Å². The predicted octanol–water partition coefficient (Wildman–Crippen LogP) is 1.20. The maximum absolute atomic E-state index is 12.5. The molecule has 0 aromatic heterocycles. The lowest BCUT2D eigenvalue weighted by atomic mass is 9.66. The van der Waals surface area contributed by atoms with Gasteiger partial charge in [-0.2, -0.15) is 0 Å². The van der Waals surface area contributed by atoms with Crippen molar-refractivity contribution in [2.45, 2.75) is 51.0 Å². The summed E-state index contributed by atoms with van der Waals surface area (Å²) in [4.78, 5) is 17.2. The van der Waals surface area contributed by atoms with Gasteiger partial charge in [0.1, 0.15) is 0 Å². The average molecular weight is 265 g/mol. The lowest BCUT2D eigenvalue weighted by Gasteiger charge is -2.46. The molecule has 0 aromatic rings. The number of rotatable bonds is 3. The zero-order chi connectivity index (χ0) is 13.3. The van der Waals surface area contributed by atoms with Gasteiger partial charge in [0.15, 0.2) is 0 Å². The van der Waals surface area contributed by atoms with E-state index in [-0.39, 0.29) is 5.41 Å². The summed E-state index contributed by atoms with van der Waals surface area (Å²) in [7, 11) is 0. The molecule has 4 heteroatoms. The van der Waals surface area contributed by atoms with Gasteiger partial charge in [-0.05, 0) is 44.2 Å². The van der Waals surface area contributed by atoms with E-state index in [0.29, 0.717) is 24.9 Å². The molecule has 1 atom stereocenters. The number of fused-ring (bicyclic) bond motifs is 1. The maximum Gasteiger partial charge on any atom is 0.223 e. The molecule has 3 fully saturated rings. The SMILES string of the molecule is NCC1(CC(=O)N2CCN3CCCCC3C2)CCC1. The first kappa shape index (κ1) is 13.4. The maximum atomic E-state index is 12.5. The summed E-state index contributed by atoms with van der Waals surface area (Å²) in [5, 5.41) is 0. The van der Waals surface area contributed by atoms with Crippen molar-refractivity contribution in [1.29, 1.82) is 0 Å². The summed E-state index contributed by atoms with van der Waals surface area (Å²) in [6, 6.07) is 0.627. The highest BCUT2D eigenvalue weighted by Crippen LogP contribution is 2.43. The Morgan fingerprint density at radius 3 is 2.68 bits per heavy atom. The Bertz CT molecular complexity index is 335. The van der Waals surface area contributed by atoms with Crippen LogP contribution in [0.1, 0.15) is 44.9 Å². The van der Waals surface area contributed by atoms with Crippen LogP contribution in [0.5, 0.6) is 0 Å². The standard InChI is InChI=1S/C15H27N3O/c16-12-15(5-3-6-15)10-14(19)18-9-8-17-7-2-1-4-13(17)11-18/h13H,1-12,16H2. The summed E-state index contributed by atoms with van der Waals surface area (Å²) >= 11 is 0. The lowest BCUT2D eigenvalue weighted by Crippen LogP contribution is -2.57. The molecule has 4 nitrogen and oxygen atoms in total. The minimum absolute atomic E-state index is 0.154. The molecule has 0 bridgehead atoms. The van der Waals surface area contributed by atoms with E-state index in [2.05, 4.69) is 9.80 Å². The van der Waals surface area contributed by atoms with Gasteiger partial charge in [-0.15, -0.1) is 0 Å². The fourth-order valence-corrected chi connectivity index (χ4v) is 3.94. The van der Waals surface area contributed by atoms with Crippen LogP contribution in [0.3, 0.4) is 0 Å². The number of carbonyl (C=O) groups excluding carboxylic acids is 1. The van der Waals surface area contributed by atoms with Crippen molar-refractivity contribution in [1.82, 2.24) is 9.80 Å². The second-order valence-corrected chi connectivity index (χ2v) is 6.76. The minimum atomic E-state index is 0.154. The van der Waals surface area contributed by atoms with Crippen LogP contribution < -0.4 is 5.73 Å². The molecule has 19 heavy (non-hydrogen) atoms. The fraction of sp³-hybridized carbons (Fsp3) is 0.933. The monoisotopic (exact) mass is 265 g/mol. The number of piperazine rings is 1. The number of carbonyl (C=O) groups is 1. The molecule has 2 heterocycles.